The van der Waals surface area contributed by atoms with E-state index < -0.39 is 23.0 Å². The molecule has 7 aliphatic rings. The van der Waals surface area contributed by atoms with Gasteiger partial charge in [-0.3, -0.25) is 24.9 Å². The number of Topliss-reactive ketones (excluding diaryl/α,β-unsaturated/α-hetero) is 1. The molecule has 4 bridgehead atoms. The summed E-state index contributed by atoms with van der Waals surface area (Å²) in [6.45, 7) is 0. The number of rotatable bonds is 3. The molecule has 1 aromatic heterocycles. The SMILES string of the molecule is N#CC1=C(N)O[C@]23c4ccccc4C(=O)[C@]12N(NC(=O)c1cc2ccc1CCc1ccc(cc1)CC2)C(=S)N3c1cccnc1. The molecule has 3 aromatic carbocycles. The Balaban J connectivity index is 1.28. The lowest BCUT2D eigenvalue weighted by Gasteiger charge is -2.38. The van der Waals surface area contributed by atoms with E-state index in [-0.39, 0.29) is 16.6 Å². The number of amides is 1. The number of ketones is 1. The van der Waals surface area contributed by atoms with Crippen LogP contribution in [0.1, 0.15) is 48.5 Å². The summed E-state index contributed by atoms with van der Waals surface area (Å²) < 4.78 is 6.43. The van der Waals surface area contributed by atoms with Gasteiger partial charge in [0.25, 0.3) is 11.6 Å². The Kier molecular flexibility index (Phi) is 5.85. The van der Waals surface area contributed by atoms with E-state index in [9.17, 15) is 14.9 Å². The van der Waals surface area contributed by atoms with E-state index in [1.807, 2.05) is 12.1 Å². The zero-order chi connectivity index (χ0) is 30.9. The molecular formula is C35H26N6O3S. The third-order valence-corrected chi connectivity index (χ3v) is 9.68. The van der Waals surface area contributed by atoms with Crippen LogP contribution in [0.25, 0.3) is 0 Å². The van der Waals surface area contributed by atoms with E-state index in [1.165, 1.54) is 16.1 Å². The first kappa shape index (κ1) is 27.0. The fraction of sp³-hybridized carbons (Fsp3) is 0.171. The van der Waals surface area contributed by atoms with Gasteiger partial charge in [0.2, 0.25) is 17.2 Å². The number of thiocarbonyl (C=S) groups is 1. The fourth-order valence-corrected chi connectivity index (χ4v) is 7.66. The van der Waals surface area contributed by atoms with Gasteiger partial charge >= 0.3 is 0 Å². The van der Waals surface area contributed by atoms with Crippen LogP contribution in [0.15, 0.2) is 103 Å². The average molecular weight is 611 g/mol. The van der Waals surface area contributed by atoms with Crippen molar-refractivity contribution >= 4 is 34.7 Å². The van der Waals surface area contributed by atoms with Crippen molar-refractivity contribution in [2.24, 2.45) is 5.73 Å². The number of pyridine rings is 1. The number of hydrogen-bond donors (Lipinski definition) is 2. The predicted molar refractivity (Wildman–Crippen MR) is 169 cm³/mol. The summed E-state index contributed by atoms with van der Waals surface area (Å²) in [6.07, 6.45) is 6.18. The minimum Gasteiger partial charge on any atom is -0.444 e. The number of carbonyl (C=O) groups excluding carboxylic acids is 2. The molecule has 2 atom stereocenters. The van der Waals surface area contributed by atoms with Crippen LogP contribution < -0.4 is 16.1 Å². The van der Waals surface area contributed by atoms with Crippen molar-refractivity contribution in [1.82, 2.24) is 15.4 Å². The molecule has 220 valence electrons. The van der Waals surface area contributed by atoms with Gasteiger partial charge in [-0.25, -0.2) is 5.01 Å². The Bertz CT molecular complexity index is 2020. The number of nitrogens with two attached hydrogens (primary N) is 1. The summed E-state index contributed by atoms with van der Waals surface area (Å²) in [5, 5.41) is 11.9. The Morgan fingerprint density at radius 3 is 2.42 bits per heavy atom. The van der Waals surface area contributed by atoms with Crippen molar-refractivity contribution in [3.8, 4) is 6.07 Å². The first-order valence-corrected chi connectivity index (χ1v) is 15.1. The van der Waals surface area contributed by atoms with E-state index in [0.29, 0.717) is 28.8 Å². The van der Waals surface area contributed by atoms with Crippen molar-refractivity contribution in [1.29, 1.82) is 5.26 Å². The van der Waals surface area contributed by atoms with Gasteiger partial charge in [-0.1, -0.05) is 60.7 Å². The molecule has 3 N–H and O–H groups in total. The van der Waals surface area contributed by atoms with Gasteiger partial charge in [0.1, 0.15) is 11.6 Å². The van der Waals surface area contributed by atoms with Crippen molar-refractivity contribution < 1.29 is 14.3 Å². The number of ether oxygens (including phenoxy) is 1. The van der Waals surface area contributed by atoms with Crippen LogP contribution in [0.2, 0.25) is 0 Å². The number of carbonyl (C=O) groups is 2. The topological polar surface area (TPSA) is 125 Å². The molecule has 5 aliphatic carbocycles. The third-order valence-electron chi connectivity index (χ3n) is 9.31. The standard InChI is InChI=1S/C35H26N6O3S/c36-19-29-31(37)44-35-28-6-2-1-5-26(28)30(42)34(29,35)41(33(45)40(35)25-4-3-17-38-20-25)39-32(43)27-18-23-12-11-21-7-9-22(10-8-21)13-15-24(27)16-14-23/h1-10,14,16-18,20H,11-13,15,37H2,(H,39,43)/t34-,35-/m1/s1. The maximum atomic E-state index is 14.7. The van der Waals surface area contributed by atoms with E-state index in [2.05, 4.69) is 46.8 Å². The second-order valence-electron chi connectivity index (χ2n) is 11.6. The fourth-order valence-electron chi connectivity index (χ4n) is 7.25. The lowest BCUT2D eigenvalue weighted by atomic mass is 9.81. The van der Waals surface area contributed by atoms with Gasteiger partial charge in [-0.2, -0.15) is 5.26 Å². The molecular weight excluding hydrogens is 584 g/mol. The maximum absolute atomic E-state index is 14.7. The molecule has 0 saturated carbocycles. The van der Waals surface area contributed by atoms with Crippen LogP contribution >= 0.6 is 12.2 Å². The lowest BCUT2D eigenvalue weighted by molar-refractivity contribution is -0.0246. The van der Waals surface area contributed by atoms with Gasteiger partial charge in [0.15, 0.2) is 5.11 Å². The second-order valence-corrected chi connectivity index (χ2v) is 12.0. The summed E-state index contributed by atoms with van der Waals surface area (Å²) in [4.78, 5) is 35.0. The largest absolute Gasteiger partial charge is 0.444 e. The summed E-state index contributed by atoms with van der Waals surface area (Å²) in [6, 6.07) is 27.2. The van der Waals surface area contributed by atoms with Crippen LogP contribution in [-0.4, -0.2) is 32.3 Å². The summed E-state index contributed by atoms with van der Waals surface area (Å²) in [7, 11) is 0. The molecule has 0 spiro atoms. The Morgan fingerprint density at radius 2 is 1.69 bits per heavy atom. The smallest absolute Gasteiger partial charge is 0.270 e. The molecule has 2 aliphatic heterocycles. The van der Waals surface area contributed by atoms with Gasteiger partial charge < -0.3 is 10.5 Å². The van der Waals surface area contributed by atoms with Crippen LogP contribution in [0.5, 0.6) is 0 Å². The summed E-state index contributed by atoms with van der Waals surface area (Å²) in [5.74, 6) is -1.12. The summed E-state index contributed by atoms with van der Waals surface area (Å²) in [5.41, 5.74) is 11.7. The number of anilines is 1. The Labute approximate surface area is 264 Å². The molecule has 0 radical (unpaired) electrons. The van der Waals surface area contributed by atoms with E-state index in [1.54, 1.807) is 53.7 Å². The monoisotopic (exact) mass is 610 g/mol. The van der Waals surface area contributed by atoms with E-state index in [4.69, 9.17) is 22.7 Å². The molecule has 11 rings (SSSR count). The lowest BCUT2D eigenvalue weighted by Crippen LogP contribution is -2.63. The maximum Gasteiger partial charge on any atom is 0.270 e. The number of hydrazine groups is 1. The average Bonchev–Trinajstić information content (AvgIpc) is 3.53. The third kappa shape index (κ3) is 3.53. The van der Waals surface area contributed by atoms with Gasteiger partial charge in [0.05, 0.1) is 11.9 Å². The molecule has 9 nitrogen and oxygen atoms in total. The first-order chi connectivity index (χ1) is 21.9. The molecule has 10 heteroatoms. The minimum absolute atomic E-state index is 0.0612. The zero-order valence-electron chi connectivity index (χ0n) is 24.0. The van der Waals surface area contributed by atoms with Gasteiger partial charge in [-0.05, 0) is 78.4 Å². The number of fused-ring (bicyclic) bond motifs is 1. The number of nitrogens with zero attached hydrogens (tertiary/aromatic N) is 4. The molecule has 1 fully saturated rings. The van der Waals surface area contributed by atoms with Crippen LogP contribution in [0.3, 0.4) is 0 Å². The van der Waals surface area contributed by atoms with Crippen molar-refractivity contribution in [2.75, 3.05) is 4.90 Å². The van der Waals surface area contributed by atoms with Gasteiger partial charge in [-0.15, -0.1) is 0 Å². The normalized spacial score (nSPS) is 22.7. The molecule has 4 aromatic rings. The predicted octanol–water partition coefficient (Wildman–Crippen LogP) is 4.23. The van der Waals surface area contributed by atoms with Crippen LogP contribution in [0.4, 0.5) is 5.69 Å². The molecule has 0 unspecified atom stereocenters. The Hall–Kier alpha value is -5.53. The quantitative estimate of drug-likeness (QED) is 0.328. The highest BCUT2D eigenvalue weighted by molar-refractivity contribution is 7.80. The number of nitrogens with one attached hydrogen (secondary N) is 1. The number of nitriles is 1. The number of benzene rings is 3. The highest BCUT2D eigenvalue weighted by atomic mass is 32.1. The van der Waals surface area contributed by atoms with E-state index >= 15 is 0 Å². The number of hydrogen-bond acceptors (Lipinski definition) is 7. The van der Waals surface area contributed by atoms with Crippen LogP contribution in [0, 0.1) is 11.3 Å². The highest BCUT2D eigenvalue weighted by Crippen LogP contribution is 2.64. The van der Waals surface area contributed by atoms with E-state index in [0.717, 1.165) is 30.4 Å². The number of aryl methyl sites for hydroxylation is 4. The highest BCUT2D eigenvalue weighted by Gasteiger charge is 2.83. The van der Waals surface area contributed by atoms with Crippen molar-refractivity contribution in [3.05, 3.63) is 142 Å². The number of aromatic nitrogens is 1. The molecule has 45 heavy (non-hydrogen) atoms. The second kappa shape index (κ2) is 9.74. The Morgan fingerprint density at radius 1 is 0.978 bits per heavy atom. The molecule has 1 saturated heterocycles. The minimum atomic E-state index is -1.92. The summed E-state index contributed by atoms with van der Waals surface area (Å²) >= 11 is 6.04. The molecule has 1 amide bonds. The first-order valence-electron chi connectivity index (χ1n) is 14.7. The van der Waals surface area contributed by atoms with Gasteiger partial charge in [0, 0.05) is 22.9 Å². The zero-order valence-corrected chi connectivity index (χ0v) is 24.8. The molecule has 3 heterocycles. The van der Waals surface area contributed by atoms with Crippen LogP contribution in [-0.2, 0) is 36.1 Å². The van der Waals surface area contributed by atoms with Crippen molar-refractivity contribution in [3.63, 3.8) is 0 Å². The van der Waals surface area contributed by atoms with Crippen molar-refractivity contribution in [2.45, 2.75) is 36.9 Å².